The van der Waals surface area contributed by atoms with Crippen molar-refractivity contribution in [3.05, 3.63) is 53.5 Å². The first kappa shape index (κ1) is 18.3. The van der Waals surface area contributed by atoms with E-state index in [4.69, 9.17) is 9.72 Å². The molecule has 1 aliphatic rings. The van der Waals surface area contributed by atoms with E-state index in [1.807, 2.05) is 43.7 Å². The van der Waals surface area contributed by atoms with Crippen molar-refractivity contribution in [2.75, 3.05) is 43.1 Å². The van der Waals surface area contributed by atoms with Gasteiger partial charge in [-0.15, -0.1) is 0 Å². The van der Waals surface area contributed by atoms with E-state index in [9.17, 15) is 0 Å². The fraction of sp³-hybridized carbons (Fsp3) is 0.381. The van der Waals surface area contributed by atoms with Crippen LogP contribution in [0.4, 0.5) is 11.5 Å². The average molecular weight is 378 g/mol. The summed E-state index contributed by atoms with van der Waals surface area (Å²) < 4.78 is 7.17. The molecule has 0 atom stereocenters. The minimum absolute atomic E-state index is 0.635. The summed E-state index contributed by atoms with van der Waals surface area (Å²) in [5, 5.41) is 4.53. The molecule has 0 N–H and O–H groups in total. The topological polar surface area (TPSA) is 59.3 Å². The first-order valence-corrected chi connectivity index (χ1v) is 9.57. The van der Waals surface area contributed by atoms with Crippen molar-refractivity contribution in [2.45, 2.75) is 20.8 Å². The third-order valence-corrected chi connectivity index (χ3v) is 5.05. The second-order valence-corrected chi connectivity index (χ2v) is 7.18. The summed E-state index contributed by atoms with van der Waals surface area (Å²) in [6.45, 7) is 9.70. The van der Waals surface area contributed by atoms with Gasteiger partial charge in [0, 0.05) is 55.4 Å². The van der Waals surface area contributed by atoms with Crippen LogP contribution in [0.1, 0.15) is 17.1 Å². The molecule has 0 amide bonds. The second-order valence-electron chi connectivity index (χ2n) is 7.18. The first-order valence-electron chi connectivity index (χ1n) is 9.57. The highest BCUT2D eigenvalue weighted by Crippen LogP contribution is 2.24. The van der Waals surface area contributed by atoms with E-state index in [0.29, 0.717) is 5.95 Å². The van der Waals surface area contributed by atoms with E-state index in [0.717, 1.165) is 54.8 Å². The molecule has 0 unspecified atom stereocenters. The van der Waals surface area contributed by atoms with E-state index in [-0.39, 0.29) is 0 Å². The number of anilines is 2. The van der Waals surface area contributed by atoms with Crippen LogP contribution in [0, 0.1) is 20.8 Å². The van der Waals surface area contributed by atoms with Crippen molar-refractivity contribution >= 4 is 11.5 Å². The maximum Gasteiger partial charge on any atom is 0.252 e. The van der Waals surface area contributed by atoms with Gasteiger partial charge in [-0.3, -0.25) is 0 Å². The summed E-state index contributed by atoms with van der Waals surface area (Å²) in [7, 11) is 1.70. The molecule has 7 heteroatoms. The number of ether oxygens (including phenoxy) is 1. The molecule has 1 aliphatic heterocycles. The maximum absolute atomic E-state index is 5.35. The van der Waals surface area contributed by atoms with Gasteiger partial charge in [0.25, 0.3) is 5.95 Å². The van der Waals surface area contributed by atoms with E-state index in [2.05, 4.69) is 38.1 Å². The molecule has 7 nitrogen and oxygen atoms in total. The summed E-state index contributed by atoms with van der Waals surface area (Å²) in [4.78, 5) is 14.1. The molecular formula is C21H26N6O. The number of aryl methyl sites for hydroxylation is 3. The number of nitrogens with zero attached hydrogens (tertiary/aromatic N) is 6. The zero-order valence-electron chi connectivity index (χ0n) is 16.9. The van der Waals surface area contributed by atoms with Crippen LogP contribution < -0.4 is 14.5 Å². The Hall–Kier alpha value is -3.09. The molecule has 0 spiro atoms. The van der Waals surface area contributed by atoms with Crippen LogP contribution in [-0.2, 0) is 0 Å². The molecule has 4 rings (SSSR count). The molecule has 146 valence electrons. The van der Waals surface area contributed by atoms with Gasteiger partial charge in [0.2, 0.25) is 0 Å². The number of aromatic nitrogens is 4. The highest BCUT2D eigenvalue weighted by atomic mass is 16.5. The number of methoxy groups -OCH3 is 1. The zero-order chi connectivity index (χ0) is 19.7. The molecule has 0 saturated carbocycles. The standard InChI is InChI=1S/C21H26N6O/c1-15-13-20(23-21(22-15)27-17(3)12-16(2)24-27)26-10-8-25(9-11-26)18-6-5-7-19(14-18)28-4/h5-7,12-14H,8-11H2,1-4H3. The molecule has 1 fully saturated rings. The van der Waals surface area contributed by atoms with Crippen LogP contribution in [0.3, 0.4) is 0 Å². The van der Waals surface area contributed by atoms with E-state index in [1.54, 1.807) is 7.11 Å². The fourth-order valence-corrected chi connectivity index (χ4v) is 3.63. The first-order chi connectivity index (χ1) is 13.5. The summed E-state index contributed by atoms with van der Waals surface area (Å²) in [5.74, 6) is 2.48. The number of rotatable bonds is 4. The van der Waals surface area contributed by atoms with Crippen LogP contribution in [-0.4, -0.2) is 53.0 Å². The number of piperazine rings is 1. The van der Waals surface area contributed by atoms with E-state index < -0.39 is 0 Å². The Morgan fingerprint density at radius 3 is 2.29 bits per heavy atom. The molecule has 3 heterocycles. The Kier molecular flexibility index (Phi) is 4.90. The van der Waals surface area contributed by atoms with Crippen LogP contribution >= 0.6 is 0 Å². The molecule has 0 aliphatic carbocycles. The van der Waals surface area contributed by atoms with Crippen molar-refractivity contribution < 1.29 is 4.74 Å². The summed E-state index contributed by atoms with van der Waals surface area (Å²) >= 11 is 0. The minimum Gasteiger partial charge on any atom is -0.497 e. The van der Waals surface area contributed by atoms with Crippen molar-refractivity contribution in [3.63, 3.8) is 0 Å². The lowest BCUT2D eigenvalue weighted by Crippen LogP contribution is -2.47. The number of hydrogen-bond acceptors (Lipinski definition) is 6. The maximum atomic E-state index is 5.35. The molecule has 0 radical (unpaired) electrons. The normalized spacial score (nSPS) is 14.4. The highest BCUT2D eigenvalue weighted by Gasteiger charge is 2.20. The average Bonchev–Trinajstić information content (AvgIpc) is 3.06. The summed E-state index contributed by atoms with van der Waals surface area (Å²) in [6, 6.07) is 12.3. The predicted molar refractivity (Wildman–Crippen MR) is 111 cm³/mol. The minimum atomic E-state index is 0.635. The Bertz CT molecular complexity index is 975. The molecule has 3 aromatic rings. The van der Waals surface area contributed by atoms with Gasteiger partial charge in [0.15, 0.2) is 0 Å². The fourth-order valence-electron chi connectivity index (χ4n) is 3.63. The lowest BCUT2D eigenvalue weighted by Gasteiger charge is -2.37. The van der Waals surface area contributed by atoms with E-state index >= 15 is 0 Å². The van der Waals surface area contributed by atoms with Crippen LogP contribution in [0.15, 0.2) is 36.4 Å². The third-order valence-electron chi connectivity index (χ3n) is 5.05. The molecule has 0 bridgehead atoms. The Morgan fingerprint density at radius 2 is 1.61 bits per heavy atom. The summed E-state index contributed by atoms with van der Waals surface area (Å²) in [5.41, 5.74) is 4.15. The lowest BCUT2D eigenvalue weighted by atomic mass is 10.2. The van der Waals surface area contributed by atoms with Gasteiger partial charge < -0.3 is 14.5 Å². The predicted octanol–water partition coefficient (Wildman–Crippen LogP) is 2.92. The van der Waals surface area contributed by atoms with Gasteiger partial charge in [0.1, 0.15) is 11.6 Å². The van der Waals surface area contributed by atoms with Crippen molar-refractivity contribution in [1.82, 2.24) is 19.7 Å². The third kappa shape index (κ3) is 3.65. The van der Waals surface area contributed by atoms with Crippen molar-refractivity contribution in [1.29, 1.82) is 0 Å². The van der Waals surface area contributed by atoms with Crippen molar-refractivity contribution in [3.8, 4) is 11.7 Å². The molecular weight excluding hydrogens is 352 g/mol. The smallest absolute Gasteiger partial charge is 0.252 e. The largest absolute Gasteiger partial charge is 0.497 e. The molecule has 1 saturated heterocycles. The van der Waals surface area contributed by atoms with Crippen LogP contribution in [0.25, 0.3) is 5.95 Å². The number of hydrogen-bond donors (Lipinski definition) is 0. The molecule has 28 heavy (non-hydrogen) atoms. The Balaban J connectivity index is 1.52. The van der Waals surface area contributed by atoms with Crippen LogP contribution in [0.2, 0.25) is 0 Å². The van der Waals surface area contributed by atoms with E-state index in [1.165, 1.54) is 5.69 Å². The second kappa shape index (κ2) is 7.50. The monoisotopic (exact) mass is 378 g/mol. The molecule has 2 aromatic heterocycles. The van der Waals surface area contributed by atoms with Gasteiger partial charge in [0.05, 0.1) is 12.8 Å². The Labute approximate surface area is 165 Å². The van der Waals surface area contributed by atoms with Gasteiger partial charge in [-0.25, -0.2) is 9.67 Å². The highest BCUT2D eigenvalue weighted by molar-refractivity contribution is 5.53. The van der Waals surface area contributed by atoms with Gasteiger partial charge in [-0.1, -0.05) is 6.07 Å². The SMILES string of the molecule is COc1cccc(N2CCN(c3cc(C)nc(-n4nc(C)cc4C)n3)CC2)c1. The lowest BCUT2D eigenvalue weighted by molar-refractivity contribution is 0.414. The Morgan fingerprint density at radius 1 is 0.857 bits per heavy atom. The van der Waals surface area contributed by atoms with Crippen molar-refractivity contribution in [2.24, 2.45) is 0 Å². The van der Waals surface area contributed by atoms with Gasteiger partial charge in [-0.05, 0) is 39.0 Å². The van der Waals surface area contributed by atoms with Gasteiger partial charge >= 0.3 is 0 Å². The zero-order valence-corrected chi connectivity index (χ0v) is 16.9. The summed E-state index contributed by atoms with van der Waals surface area (Å²) in [6.07, 6.45) is 0. The number of benzene rings is 1. The molecule has 1 aromatic carbocycles. The van der Waals surface area contributed by atoms with Gasteiger partial charge in [-0.2, -0.15) is 10.1 Å². The van der Waals surface area contributed by atoms with Crippen LogP contribution in [0.5, 0.6) is 5.75 Å². The quantitative estimate of drug-likeness (QED) is 0.696.